The summed E-state index contributed by atoms with van der Waals surface area (Å²) in [6.07, 6.45) is 5.42. The Balaban J connectivity index is 0.000000343. The van der Waals surface area contributed by atoms with Gasteiger partial charge < -0.3 is 24.7 Å². The molecule has 164 valence electrons. The van der Waals surface area contributed by atoms with Crippen molar-refractivity contribution < 1.29 is 24.5 Å². The summed E-state index contributed by atoms with van der Waals surface area (Å²) < 4.78 is 7.65. The van der Waals surface area contributed by atoms with Gasteiger partial charge in [0.2, 0.25) is 0 Å². The number of carboxylic acid groups (broad SMARTS) is 2. The fourth-order valence-electron chi connectivity index (χ4n) is 2.99. The van der Waals surface area contributed by atoms with Crippen LogP contribution in [-0.4, -0.2) is 87.9 Å². The van der Waals surface area contributed by atoms with Gasteiger partial charge in [0.05, 0.1) is 17.8 Å². The molecule has 1 aliphatic heterocycles. The summed E-state index contributed by atoms with van der Waals surface area (Å²) in [6.45, 7) is 7.44. The zero-order valence-corrected chi connectivity index (χ0v) is 17.3. The Bertz CT molecular complexity index is 779. The van der Waals surface area contributed by atoms with Crippen LogP contribution < -0.4 is 0 Å². The molecule has 0 atom stereocenters. The number of nitrogens with zero attached hydrogens (tertiary/aromatic N) is 4. The topological polar surface area (TPSA) is 108 Å². The van der Waals surface area contributed by atoms with E-state index in [1.165, 1.54) is 39.1 Å². The lowest BCUT2D eigenvalue weighted by Gasteiger charge is -2.32. The Morgan fingerprint density at radius 1 is 1.10 bits per heavy atom. The van der Waals surface area contributed by atoms with Crippen molar-refractivity contribution in [1.29, 1.82) is 0 Å². The van der Waals surface area contributed by atoms with Crippen LogP contribution >= 0.6 is 0 Å². The number of piperazine rings is 1. The monoisotopic (exact) mass is 418 g/mol. The van der Waals surface area contributed by atoms with E-state index in [0.717, 1.165) is 24.2 Å². The van der Waals surface area contributed by atoms with Gasteiger partial charge in [-0.3, -0.25) is 0 Å². The second-order valence-corrected chi connectivity index (χ2v) is 7.12. The van der Waals surface area contributed by atoms with Crippen LogP contribution in [0.5, 0.6) is 0 Å². The van der Waals surface area contributed by atoms with Crippen LogP contribution in [0.15, 0.2) is 42.6 Å². The zero-order chi connectivity index (χ0) is 21.8. The lowest BCUT2D eigenvalue weighted by Crippen LogP contribution is -2.44. The predicted octanol–water partition coefficient (Wildman–Crippen LogP) is 1.59. The van der Waals surface area contributed by atoms with Crippen molar-refractivity contribution in [1.82, 2.24) is 19.4 Å². The number of ether oxygens (including phenoxy) is 1. The molecule has 1 fully saturated rings. The number of carbonyl (C=O) groups is 2. The van der Waals surface area contributed by atoms with Crippen molar-refractivity contribution in [3.05, 3.63) is 48.3 Å². The molecule has 2 N–H and O–H groups in total. The molecule has 0 bridgehead atoms. The molecule has 0 radical (unpaired) electrons. The van der Waals surface area contributed by atoms with Crippen LogP contribution in [0.3, 0.4) is 0 Å². The van der Waals surface area contributed by atoms with Crippen LogP contribution in [0.25, 0.3) is 5.52 Å². The molecule has 0 saturated carbocycles. The highest BCUT2D eigenvalue weighted by atomic mass is 16.5. The van der Waals surface area contributed by atoms with E-state index in [9.17, 15) is 9.59 Å². The first kappa shape index (κ1) is 23.5. The van der Waals surface area contributed by atoms with E-state index in [-0.39, 0.29) is 0 Å². The smallest absolute Gasteiger partial charge is 0.328 e. The number of fused-ring (bicyclic) bond motifs is 1. The molecule has 30 heavy (non-hydrogen) atoms. The number of unbranched alkanes of at least 4 members (excludes halogenated alkanes) is 1. The molecular formula is C21H30N4O5. The number of rotatable bonds is 9. The first-order valence-electron chi connectivity index (χ1n) is 10.00. The third kappa shape index (κ3) is 9.17. The summed E-state index contributed by atoms with van der Waals surface area (Å²) in [4.78, 5) is 24.1. The van der Waals surface area contributed by atoms with Gasteiger partial charge in [0.25, 0.3) is 0 Å². The Morgan fingerprint density at radius 2 is 1.80 bits per heavy atom. The molecule has 2 aromatic rings. The molecule has 1 saturated heterocycles. The quantitative estimate of drug-likeness (QED) is 0.467. The predicted molar refractivity (Wildman–Crippen MR) is 112 cm³/mol. The van der Waals surface area contributed by atoms with Crippen LogP contribution in [0.4, 0.5) is 0 Å². The fraction of sp³-hybridized carbons (Fsp3) is 0.476. The standard InChI is InChI=1S/C17H26N4O.C4H4O4/c1-19-9-11-20(12-10-19)7-4-5-13-22-15-16-14-17-6-2-3-8-21(17)18-16;5-3(6)1-2-4(7)8/h2-3,6,8,14H,4-5,7,9-13,15H2,1H3;1-2H,(H,5,6)(H,7,8)/b;2-1-. The second-order valence-electron chi connectivity index (χ2n) is 7.12. The molecule has 0 aromatic carbocycles. The van der Waals surface area contributed by atoms with E-state index in [1.807, 2.05) is 22.8 Å². The maximum Gasteiger partial charge on any atom is 0.328 e. The molecule has 3 heterocycles. The van der Waals surface area contributed by atoms with E-state index in [2.05, 4.69) is 34.1 Å². The number of hydrogen-bond acceptors (Lipinski definition) is 6. The lowest BCUT2D eigenvalue weighted by molar-refractivity contribution is -0.134. The van der Waals surface area contributed by atoms with Gasteiger partial charge in [-0.2, -0.15) is 5.10 Å². The van der Waals surface area contributed by atoms with Gasteiger partial charge in [-0.25, -0.2) is 14.1 Å². The maximum atomic E-state index is 9.55. The molecule has 9 heteroatoms. The van der Waals surface area contributed by atoms with Crippen LogP contribution in [0.1, 0.15) is 18.5 Å². The molecule has 0 amide bonds. The SMILES string of the molecule is CN1CCN(CCCCOCc2cc3ccccn3n2)CC1.O=C(O)/C=C\C(=O)O. The van der Waals surface area contributed by atoms with Crippen molar-refractivity contribution in [3.8, 4) is 0 Å². The Kier molecular flexibility index (Phi) is 9.99. The largest absolute Gasteiger partial charge is 0.478 e. The number of aromatic nitrogens is 2. The molecule has 0 aliphatic carbocycles. The number of aliphatic carboxylic acids is 2. The third-order valence-corrected chi connectivity index (χ3v) is 4.65. The number of carboxylic acids is 2. The first-order chi connectivity index (χ1) is 14.4. The lowest BCUT2D eigenvalue weighted by atomic mass is 10.2. The van der Waals surface area contributed by atoms with E-state index in [1.54, 1.807) is 0 Å². The minimum atomic E-state index is -1.26. The summed E-state index contributed by atoms with van der Waals surface area (Å²) in [5.74, 6) is -2.51. The summed E-state index contributed by atoms with van der Waals surface area (Å²) in [7, 11) is 2.20. The maximum absolute atomic E-state index is 9.55. The summed E-state index contributed by atoms with van der Waals surface area (Å²) in [5.41, 5.74) is 2.13. The number of hydrogen-bond donors (Lipinski definition) is 2. The van der Waals surface area contributed by atoms with Gasteiger partial charge in [0, 0.05) is 51.1 Å². The van der Waals surface area contributed by atoms with Gasteiger partial charge >= 0.3 is 11.9 Å². The minimum Gasteiger partial charge on any atom is -0.478 e. The fourth-order valence-corrected chi connectivity index (χ4v) is 2.99. The molecule has 9 nitrogen and oxygen atoms in total. The third-order valence-electron chi connectivity index (χ3n) is 4.65. The van der Waals surface area contributed by atoms with Gasteiger partial charge in [-0.05, 0) is 44.6 Å². The van der Waals surface area contributed by atoms with E-state index in [0.29, 0.717) is 18.8 Å². The minimum absolute atomic E-state index is 0.558. The highest BCUT2D eigenvalue weighted by molar-refractivity contribution is 5.89. The number of pyridine rings is 1. The molecule has 1 aliphatic rings. The Labute approximate surface area is 176 Å². The van der Waals surface area contributed by atoms with E-state index in [4.69, 9.17) is 14.9 Å². The Hall–Kier alpha value is -2.75. The van der Waals surface area contributed by atoms with Gasteiger partial charge in [-0.15, -0.1) is 0 Å². The van der Waals surface area contributed by atoms with Gasteiger partial charge in [0.1, 0.15) is 0 Å². The highest BCUT2D eigenvalue weighted by Crippen LogP contribution is 2.07. The Morgan fingerprint density at radius 3 is 2.43 bits per heavy atom. The van der Waals surface area contributed by atoms with Crippen LogP contribution in [-0.2, 0) is 20.9 Å². The summed E-state index contributed by atoms with van der Waals surface area (Å²) in [6, 6.07) is 8.17. The molecule has 0 spiro atoms. The molecule has 2 aromatic heterocycles. The highest BCUT2D eigenvalue weighted by Gasteiger charge is 2.12. The summed E-state index contributed by atoms with van der Waals surface area (Å²) in [5, 5.41) is 20.1. The van der Waals surface area contributed by atoms with Crippen molar-refractivity contribution in [2.24, 2.45) is 0 Å². The summed E-state index contributed by atoms with van der Waals surface area (Å²) >= 11 is 0. The van der Waals surface area contributed by atoms with Crippen LogP contribution in [0.2, 0.25) is 0 Å². The molecule has 0 unspecified atom stereocenters. The average Bonchev–Trinajstić information content (AvgIpc) is 3.14. The first-order valence-corrected chi connectivity index (χ1v) is 10.00. The van der Waals surface area contributed by atoms with E-state index >= 15 is 0 Å². The van der Waals surface area contributed by atoms with Crippen molar-refractivity contribution in [2.45, 2.75) is 19.4 Å². The molecular weight excluding hydrogens is 388 g/mol. The molecule has 3 rings (SSSR count). The van der Waals surface area contributed by atoms with Gasteiger partial charge in [-0.1, -0.05) is 6.07 Å². The van der Waals surface area contributed by atoms with Crippen molar-refractivity contribution >= 4 is 17.5 Å². The van der Waals surface area contributed by atoms with E-state index < -0.39 is 11.9 Å². The number of likely N-dealkylation sites (N-methyl/N-ethyl adjacent to an activating group) is 1. The van der Waals surface area contributed by atoms with Crippen LogP contribution in [0, 0.1) is 0 Å². The van der Waals surface area contributed by atoms with Crippen molar-refractivity contribution in [3.63, 3.8) is 0 Å². The second kappa shape index (κ2) is 12.7. The normalized spacial score (nSPS) is 15.2. The van der Waals surface area contributed by atoms with Gasteiger partial charge in [0.15, 0.2) is 0 Å². The zero-order valence-electron chi connectivity index (χ0n) is 17.3. The average molecular weight is 418 g/mol. The van der Waals surface area contributed by atoms with Crippen molar-refractivity contribution in [2.75, 3.05) is 46.4 Å².